The summed E-state index contributed by atoms with van der Waals surface area (Å²) in [6.07, 6.45) is 1.49. The molecule has 0 aromatic heterocycles. The molecule has 0 aromatic carbocycles. The first-order valence-electron chi connectivity index (χ1n) is 4.41. The lowest BCUT2D eigenvalue weighted by Crippen LogP contribution is -2.41. The highest BCUT2D eigenvalue weighted by Crippen LogP contribution is 2.30. The molecule has 0 saturated carbocycles. The minimum atomic E-state index is -0.0834. The summed E-state index contributed by atoms with van der Waals surface area (Å²) < 4.78 is 5.17. The van der Waals surface area contributed by atoms with Gasteiger partial charge in [0.15, 0.2) is 0 Å². The van der Waals surface area contributed by atoms with Crippen molar-refractivity contribution in [1.29, 1.82) is 0 Å². The fourth-order valence-corrected chi connectivity index (χ4v) is 1.78. The normalized spacial score (nSPS) is 26.0. The molecule has 0 spiro atoms. The van der Waals surface area contributed by atoms with E-state index in [2.05, 4.69) is 13.8 Å². The van der Waals surface area contributed by atoms with E-state index in [-0.39, 0.29) is 12.3 Å². The van der Waals surface area contributed by atoms with Crippen LogP contribution in [-0.2, 0) is 9.57 Å². The van der Waals surface area contributed by atoms with Crippen LogP contribution in [0.5, 0.6) is 0 Å². The van der Waals surface area contributed by atoms with Gasteiger partial charge in [-0.25, -0.2) is 0 Å². The Kier molecular flexibility index (Phi) is 3.59. The van der Waals surface area contributed by atoms with Gasteiger partial charge in [-0.3, -0.25) is 0 Å². The Morgan fingerprint density at radius 1 is 1.54 bits per heavy atom. The van der Waals surface area contributed by atoms with Gasteiger partial charge >= 0.3 is 0 Å². The third-order valence-electron chi connectivity index (χ3n) is 2.17. The van der Waals surface area contributed by atoms with E-state index in [0.29, 0.717) is 5.92 Å². The molecule has 0 aliphatic carbocycles. The maximum atomic E-state index is 6.01. The maximum Gasteiger partial charge on any atom is 0.141 e. The van der Waals surface area contributed by atoms with Gasteiger partial charge in [0.1, 0.15) is 12.5 Å². The van der Waals surface area contributed by atoms with Crippen molar-refractivity contribution in [2.24, 2.45) is 5.92 Å². The molecule has 0 saturated heterocycles. The van der Waals surface area contributed by atoms with Gasteiger partial charge < -0.3 is 9.57 Å². The third-order valence-corrected chi connectivity index (χ3v) is 2.49. The van der Waals surface area contributed by atoms with Gasteiger partial charge in [0.2, 0.25) is 0 Å². The fraction of sp³-hybridized carbons (Fsp3) is 0.778. The minimum Gasteiger partial charge on any atom is -0.409 e. The second-order valence-corrected chi connectivity index (χ2v) is 3.93. The van der Waals surface area contributed by atoms with Crippen molar-refractivity contribution < 1.29 is 9.57 Å². The Morgan fingerprint density at radius 3 is 2.62 bits per heavy atom. The summed E-state index contributed by atoms with van der Waals surface area (Å²) in [5.41, 5.74) is 0. The number of ether oxygens (including phenoxy) is 1. The fourth-order valence-electron chi connectivity index (χ4n) is 1.40. The molecule has 0 fully saturated rings. The average molecular weight is 206 g/mol. The molecule has 4 heteroatoms. The Balaban J connectivity index is 2.69. The lowest BCUT2D eigenvalue weighted by molar-refractivity contribution is -0.212. The summed E-state index contributed by atoms with van der Waals surface area (Å²) in [7, 11) is 1.65. The minimum absolute atomic E-state index is 0.0834. The number of hydrogen-bond donors (Lipinski definition) is 0. The molecule has 1 aliphatic rings. The summed E-state index contributed by atoms with van der Waals surface area (Å²) in [4.78, 5) is 5.31. The second kappa shape index (κ2) is 4.31. The van der Waals surface area contributed by atoms with Crippen molar-refractivity contribution in [3.05, 3.63) is 11.3 Å². The van der Waals surface area contributed by atoms with Crippen LogP contribution in [0.4, 0.5) is 0 Å². The number of nitrogens with zero attached hydrogens (tertiary/aromatic N) is 1. The molecular weight excluding hydrogens is 190 g/mol. The quantitative estimate of drug-likeness (QED) is 0.706. The summed E-state index contributed by atoms with van der Waals surface area (Å²) in [6, 6.07) is 0.108. The zero-order valence-electron chi connectivity index (χ0n) is 8.45. The topological polar surface area (TPSA) is 21.7 Å². The van der Waals surface area contributed by atoms with E-state index >= 15 is 0 Å². The molecule has 0 aromatic rings. The predicted molar refractivity (Wildman–Crippen MR) is 52.0 cm³/mol. The molecule has 2 atom stereocenters. The molecule has 1 heterocycles. The van der Waals surface area contributed by atoms with Gasteiger partial charge in [-0.1, -0.05) is 25.4 Å². The Bertz CT molecular complexity index is 206. The van der Waals surface area contributed by atoms with Gasteiger partial charge in [-0.2, -0.15) is 0 Å². The first-order chi connectivity index (χ1) is 6.07. The summed E-state index contributed by atoms with van der Waals surface area (Å²) >= 11 is 6.01. The van der Waals surface area contributed by atoms with Crippen LogP contribution in [0, 0.1) is 5.92 Å². The number of rotatable bonds is 3. The zero-order valence-corrected chi connectivity index (χ0v) is 9.21. The predicted octanol–water partition coefficient (Wildman–Crippen LogP) is 2.33. The SMILES string of the molecule is COC(C)N1OC=C(Cl)C1C(C)C. The molecule has 76 valence electrons. The van der Waals surface area contributed by atoms with E-state index < -0.39 is 0 Å². The molecule has 2 unspecified atom stereocenters. The van der Waals surface area contributed by atoms with Crippen molar-refractivity contribution >= 4 is 11.6 Å². The van der Waals surface area contributed by atoms with Gasteiger partial charge in [-0.15, -0.1) is 5.06 Å². The van der Waals surface area contributed by atoms with Gasteiger partial charge in [0.25, 0.3) is 0 Å². The Morgan fingerprint density at radius 2 is 2.15 bits per heavy atom. The monoisotopic (exact) mass is 205 g/mol. The summed E-state index contributed by atoms with van der Waals surface area (Å²) in [6.45, 7) is 6.13. The van der Waals surface area contributed by atoms with Gasteiger partial charge in [0, 0.05) is 7.11 Å². The van der Waals surface area contributed by atoms with Crippen molar-refractivity contribution in [3.8, 4) is 0 Å². The van der Waals surface area contributed by atoms with E-state index in [1.807, 2.05) is 6.92 Å². The van der Waals surface area contributed by atoms with Crippen molar-refractivity contribution in [1.82, 2.24) is 5.06 Å². The van der Waals surface area contributed by atoms with Crippen LogP contribution in [0.3, 0.4) is 0 Å². The molecule has 13 heavy (non-hydrogen) atoms. The van der Waals surface area contributed by atoms with Crippen LogP contribution < -0.4 is 0 Å². The van der Waals surface area contributed by atoms with Gasteiger partial charge in [0.05, 0.1) is 11.1 Å². The average Bonchev–Trinajstić information content (AvgIpc) is 2.45. The van der Waals surface area contributed by atoms with E-state index in [1.54, 1.807) is 18.4 Å². The highest BCUT2D eigenvalue weighted by molar-refractivity contribution is 6.30. The number of halogens is 1. The van der Waals surface area contributed by atoms with Crippen LogP contribution in [0.15, 0.2) is 11.3 Å². The standard InChI is InChI=1S/C9H16ClNO2/c1-6(2)9-8(10)5-13-11(9)7(3)12-4/h5-7,9H,1-4H3. The molecule has 1 aliphatic heterocycles. The third kappa shape index (κ3) is 2.16. The first kappa shape index (κ1) is 10.8. The molecule has 0 amide bonds. The highest BCUT2D eigenvalue weighted by Gasteiger charge is 2.34. The lowest BCUT2D eigenvalue weighted by atomic mass is 10.0. The van der Waals surface area contributed by atoms with Crippen LogP contribution >= 0.6 is 11.6 Å². The van der Waals surface area contributed by atoms with Crippen molar-refractivity contribution in [2.45, 2.75) is 33.0 Å². The Hall–Kier alpha value is -0.250. The molecule has 0 N–H and O–H groups in total. The molecular formula is C9H16ClNO2. The largest absolute Gasteiger partial charge is 0.409 e. The van der Waals surface area contributed by atoms with Crippen molar-refractivity contribution in [2.75, 3.05) is 7.11 Å². The number of methoxy groups -OCH3 is 1. The second-order valence-electron chi connectivity index (χ2n) is 3.49. The summed E-state index contributed by atoms with van der Waals surface area (Å²) in [5, 5.41) is 2.51. The first-order valence-corrected chi connectivity index (χ1v) is 4.79. The summed E-state index contributed by atoms with van der Waals surface area (Å²) in [5.74, 6) is 0.406. The van der Waals surface area contributed by atoms with Crippen LogP contribution in [-0.4, -0.2) is 24.4 Å². The van der Waals surface area contributed by atoms with Crippen LogP contribution in [0.2, 0.25) is 0 Å². The van der Waals surface area contributed by atoms with E-state index in [4.69, 9.17) is 21.2 Å². The van der Waals surface area contributed by atoms with Gasteiger partial charge in [-0.05, 0) is 12.8 Å². The van der Waals surface area contributed by atoms with Crippen LogP contribution in [0.1, 0.15) is 20.8 Å². The highest BCUT2D eigenvalue weighted by atomic mass is 35.5. The smallest absolute Gasteiger partial charge is 0.141 e. The molecule has 0 bridgehead atoms. The molecule has 0 radical (unpaired) electrons. The van der Waals surface area contributed by atoms with E-state index in [0.717, 1.165) is 5.03 Å². The molecule has 3 nitrogen and oxygen atoms in total. The van der Waals surface area contributed by atoms with E-state index in [1.165, 1.54) is 0 Å². The lowest BCUT2D eigenvalue weighted by Gasteiger charge is -2.29. The maximum absolute atomic E-state index is 6.01. The van der Waals surface area contributed by atoms with Crippen LogP contribution in [0.25, 0.3) is 0 Å². The Labute approximate surface area is 84.2 Å². The molecule has 1 rings (SSSR count). The number of hydroxylamine groups is 2. The van der Waals surface area contributed by atoms with Crippen molar-refractivity contribution in [3.63, 3.8) is 0 Å². The zero-order chi connectivity index (χ0) is 10.0. The van der Waals surface area contributed by atoms with E-state index in [9.17, 15) is 0 Å². The number of hydrogen-bond acceptors (Lipinski definition) is 3.